The highest BCUT2D eigenvalue weighted by atomic mass is 16.7. The number of anilines is 1. The Morgan fingerprint density at radius 1 is 1.09 bits per heavy atom. The number of hydrogen-bond donors (Lipinski definition) is 2. The van der Waals surface area contributed by atoms with E-state index in [-0.39, 0.29) is 18.9 Å². The molecule has 22 heavy (non-hydrogen) atoms. The molecule has 1 unspecified atom stereocenters. The molecule has 0 bridgehead atoms. The van der Waals surface area contributed by atoms with Gasteiger partial charge in [0.2, 0.25) is 6.79 Å². The van der Waals surface area contributed by atoms with E-state index in [4.69, 9.17) is 9.47 Å². The van der Waals surface area contributed by atoms with Crippen molar-refractivity contribution in [1.82, 2.24) is 5.32 Å². The number of rotatable bonds is 2. The van der Waals surface area contributed by atoms with E-state index in [0.29, 0.717) is 17.2 Å². The summed E-state index contributed by atoms with van der Waals surface area (Å²) < 4.78 is 10.6. The van der Waals surface area contributed by atoms with Gasteiger partial charge in [0.1, 0.15) is 0 Å². The summed E-state index contributed by atoms with van der Waals surface area (Å²) in [6.45, 7) is 0.226. The summed E-state index contributed by atoms with van der Waals surface area (Å²) in [5.74, 6) is 1.36. The molecule has 0 fully saturated rings. The molecule has 0 aromatic heterocycles. The molecule has 5 nitrogen and oxygen atoms in total. The number of urea groups is 1. The van der Waals surface area contributed by atoms with Crippen molar-refractivity contribution in [2.45, 2.75) is 18.9 Å². The van der Waals surface area contributed by atoms with Crippen LogP contribution in [-0.4, -0.2) is 12.8 Å². The maximum absolute atomic E-state index is 12.2. The first kappa shape index (κ1) is 13.0. The fraction of sp³-hybridized carbons (Fsp3) is 0.235. The molecular formula is C17H16N2O3. The van der Waals surface area contributed by atoms with E-state index >= 15 is 0 Å². The Labute approximate surface area is 128 Å². The third-order valence-corrected chi connectivity index (χ3v) is 4.07. The first-order valence-corrected chi connectivity index (χ1v) is 7.34. The van der Waals surface area contributed by atoms with Crippen LogP contribution in [0.1, 0.15) is 23.6 Å². The molecule has 1 aliphatic heterocycles. The normalized spacial score (nSPS) is 17.9. The molecule has 0 saturated carbocycles. The summed E-state index contributed by atoms with van der Waals surface area (Å²) in [6.07, 6.45) is 1.94. The van der Waals surface area contributed by atoms with Crippen LogP contribution in [0.2, 0.25) is 0 Å². The second-order valence-corrected chi connectivity index (χ2v) is 5.46. The maximum Gasteiger partial charge on any atom is 0.319 e. The Bertz CT molecular complexity index is 730. The van der Waals surface area contributed by atoms with E-state index in [1.165, 1.54) is 11.1 Å². The number of amides is 2. The van der Waals surface area contributed by atoms with E-state index in [1.807, 2.05) is 12.1 Å². The first-order chi connectivity index (χ1) is 10.8. The lowest BCUT2D eigenvalue weighted by Crippen LogP contribution is -2.31. The average Bonchev–Trinajstić information content (AvgIpc) is 3.14. The lowest BCUT2D eigenvalue weighted by Gasteiger charge is -2.15. The van der Waals surface area contributed by atoms with Gasteiger partial charge < -0.3 is 20.1 Å². The van der Waals surface area contributed by atoms with Crippen LogP contribution in [0, 0.1) is 0 Å². The molecule has 2 N–H and O–H groups in total. The summed E-state index contributed by atoms with van der Waals surface area (Å²) in [7, 11) is 0. The van der Waals surface area contributed by atoms with Crippen molar-refractivity contribution in [1.29, 1.82) is 0 Å². The third kappa shape index (κ3) is 2.35. The molecule has 2 amide bonds. The van der Waals surface area contributed by atoms with Crippen LogP contribution in [-0.2, 0) is 6.42 Å². The summed E-state index contributed by atoms with van der Waals surface area (Å²) in [4.78, 5) is 12.2. The maximum atomic E-state index is 12.2. The van der Waals surface area contributed by atoms with Gasteiger partial charge in [-0.2, -0.15) is 0 Å². The minimum atomic E-state index is -0.208. The monoisotopic (exact) mass is 296 g/mol. The molecule has 1 atom stereocenters. The number of benzene rings is 2. The fourth-order valence-corrected chi connectivity index (χ4v) is 3.01. The molecule has 5 heteroatoms. The molecule has 2 aromatic rings. The zero-order valence-corrected chi connectivity index (χ0v) is 12.0. The van der Waals surface area contributed by atoms with Crippen molar-refractivity contribution in [3.05, 3.63) is 53.6 Å². The van der Waals surface area contributed by atoms with Crippen LogP contribution in [0.15, 0.2) is 42.5 Å². The average molecular weight is 296 g/mol. The number of carbonyl (C=O) groups is 1. The third-order valence-electron chi connectivity index (χ3n) is 4.07. The molecular weight excluding hydrogens is 280 g/mol. The Kier molecular flexibility index (Phi) is 3.11. The van der Waals surface area contributed by atoms with E-state index in [9.17, 15) is 4.79 Å². The number of fused-ring (bicyclic) bond motifs is 2. The summed E-state index contributed by atoms with van der Waals surface area (Å²) in [6, 6.07) is 13.5. The highest BCUT2D eigenvalue weighted by Crippen LogP contribution is 2.34. The van der Waals surface area contributed by atoms with Crippen LogP contribution in [0.4, 0.5) is 10.5 Å². The lowest BCUT2D eigenvalue weighted by atomic mass is 10.1. The predicted octanol–water partition coefficient (Wildman–Crippen LogP) is 3.22. The van der Waals surface area contributed by atoms with Gasteiger partial charge in [-0.15, -0.1) is 0 Å². The molecule has 1 heterocycles. The van der Waals surface area contributed by atoms with Crippen molar-refractivity contribution in [3.63, 3.8) is 0 Å². The van der Waals surface area contributed by atoms with Crippen LogP contribution in [0.3, 0.4) is 0 Å². The molecule has 4 rings (SSSR count). The highest BCUT2D eigenvalue weighted by Gasteiger charge is 2.23. The van der Waals surface area contributed by atoms with Crippen LogP contribution < -0.4 is 20.1 Å². The minimum absolute atomic E-state index is 0.0743. The Morgan fingerprint density at radius 2 is 1.95 bits per heavy atom. The Hall–Kier alpha value is -2.69. The SMILES string of the molecule is O=C(Nc1ccc2c(c1)OCO2)NC1CCc2ccccc21. The van der Waals surface area contributed by atoms with Crippen molar-refractivity contribution in [2.75, 3.05) is 12.1 Å². The molecule has 0 saturated heterocycles. The topological polar surface area (TPSA) is 59.6 Å². The van der Waals surface area contributed by atoms with Crippen LogP contribution >= 0.6 is 0 Å². The Balaban J connectivity index is 1.43. The summed E-state index contributed by atoms with van der Waals surface area (Å²) >= 11 is 0. The summed E-state index contributed by atoms with van der Waals surface area (Å²) in [5, 5.41) is 5.87. The molecule has 1 aliphatic carbocycles. The van der Waals surface area contributed by atoms with E-state index < -0.39 is 0 Å². The van der Waals surface area contributed by atoms with Gasteiger partial charge in [0.05, 0.1) is 6.04 Å². The molecule has 0 radical (unpaired) electrons. The van der Waals surface area contributed by atoms with Gasteiger partial charge in [-0.25, -0.2) is 4.79 Å². The Morgan fingerprint density at radius 3 is 2.91 bits per heavy atom. The summed E-state index contributed by atoms with van der Waals surface area (Å²) in [5.41, 5.74) is 3.22. The van der Waals surface area contributed by atoms with Gasteiger partial charge in [-0.05, 0) is 36.1 Å². The number of carbonyl (C=O) groups excluding carboxylic acids is 1. The second-order valence-electron chi connectivity index (χ2n) is 5.46. The minimum Gasteiger partial charge on any atom is -0.454 e. The van der Waals surface area contributed by atoms with Crippen LogP contribution in [0.25, 0.3) is 0 Å². The van der Waals surface area contributed by atoms with Gasteiger partial charge >= 0.3 is 6.03 Å². The van der Waals surface area contributed by atoms with Crippen molar-refractivity contribution in [3.8, 4) is 11.5 Å². The zero-order valence-electron chi connectivity index (χ0n) is 12.0. The van der Waals surface area contributed by atoms with E-state index in [2.05, 4.69) is 22.8 Å². The van der Waals surface area contributed by atoms with Gasteiger partial charge in [-0.3, -0.25) is 0 Å². The number of ether oxygens (including phenoxy) is 2. The smallest absolute Gasteiger partial charge is 0.319 e. The first-order valence-electron chi connectivity index (χ1n) is 7.34. The van der Waals surface area contributed by atoms with Crippen molar-refractivity contribution < 1.29 is 14.3 Å². The lowest BCUT2D eigenvalue weighted by molar-refractivity contribution is 0.174. The number of aryl methyl sites for hydroxylation is 1. The van der Waals surface area contributed by atoms with E-state index in [1.54, 1.807) is 18.2 Å². The van der Waals surface area contributed by atoms with Gasteiger partial charge in [0.15, 0.2) is 11.5 Å². The zero-order chi connectivity index (χ0) is 14.9. The van der Waals surface area contributed by atoms with Crippen molar-refractivity contribution >= 4 is 11.7 Å². The van der Waals surface area contributed by atoms with Gasteiger partial charge in [-0.1, -0.05) is 24.3 Å². The number of nitrogens with one attached hydrogen (secondary N) is 2. The predicted molar refractivity (Wildman–Crippen MR) is 82.2 cm³/mol. The van der Waals surface area contributed by atoms with Crippen molar-refractivity contribution in [2.24, 2.45) is 0 Å². The standard InChI is InChI=1S/C17H16N2O3/c20-17(18-12-6-8-15-16(9-12)22-10-21-15)19-14-7-5-11-3-1-2-4-13(11)14/h1-4,6,8-9,14H,5,7,10H2,(H2,18,19,20). The van der Waals surface area contributed by atoms with Gasteiger partial charge in [0, 0.05) is 11.8 Å². The molecule has 2 aromatic carbocycles. The number of hydrogen-bond acceptors (Lipinski definition) is 3. The largest absolute Gasteiger partial charge is 0.454 e. The van der Waals surface area contributed by atoms with E-state index in [0.717, 1.165) is 12.8 Å². The molecule has 0 spiro atoms. The second kappa shape index (κ2) is 5.26. The quantitative estimate of drug-likeness (QED) is 0.894. The molecule has 2 aliphatic rings. The molecule has 112 valence electrons. The van der Waals surface area contributed by atoms with Gasteiger partial charge in [0.25, 0.3) is 0 Å². The van der Waals surface area contributed by atoms with Crippen LogP contribution in [0.5, 0.6) is 11.5 Å². The highest BCUT2D eigenvalue weighted by molar-refractivity contribution is 5.90. The fourth-order valence-electron chi connectivity index (χ4n) is 3.01.